The molecule has 120 valence electrons. The van der Waals surface area contributed by atoms with Gasteiger partial charge in [0.05, 0.1) is 12.6 Å². The Hall–Kier alpha value is -2.21. The van der Waals surface area contributed by atoms with Crippen LogP contribution in [0.1, 0.15) is 41.6 Å². The van der Waals surface area contributed by atoms with Gasteiger partial charge in [-0.3, -0.25) is 9.69 Å². The quantitative estimate of drug-likeness (QED) is 0.929. The highest BCUT2D eigenvalue weighted by molar-refractivity contribution is 5.82. The Balaban J connectivity index is 1.57. The zero-order chi connectivity index (χ0) is 15.8. The van der Waals surface area contributed by atoms with Gasteiger partial charge in [-0.2, -0.15) is 4.98 Å². The third-order valence-corrected chi connectivity index (χ3v) is 4.66. The average molecular weight is 312 g/mol. The minimum atomic E-state index is -0.203. The van der Waals surface area contributed by atoms with E-state index in [4.69, 9.17) is 4.52 Å². The molecule has 1 fully saturated rings. The third kappa shape index (κ3) is 2.86. The largest absolute Gasteiger partial charge is 0.358 e. The van der Waals surface area contributed by atoms with Crippen LogP contribution in [0.3, 0.4) is 0 Å². The number of nitrogens with zero attached hydrogens (tertiary/aromatic N) is 3. The molecule has 4 rings (SSSR count). The summed E-state index contributed by atoms with van der Waals surface area (Å²) in [5, 5.41) is 6.83. The molecule has 0 radical (unpaired) electrons. The highest BCUT2D eigenvalue weighted by atomic mass is 16.5. The number of nitrogens with one attached hydrogen (secondary N) is 1. The van der Waals surface area contributed by atoms with Crippen LogP contribution in [0.5, 0.6) is 0 Å². The van der Waals surface area contributed by atoms with Crippen molar-refractivity contribution in [2.75, 3.05) is 7.05 Å². The van der Waals surface area contributed by atoms with Gasteiger partial charge in [-0.25, -0.2) is 0 Å². The predicted octanol–water partition coefficient (Wildman–Crippen LogP) is 1.62. The van der Waals surface area contributed by atoms with Crippen LogP contribution >= 0.6 is 0 Å². The van der Waals surface area contributed by atoms with E-state index in [1.54, 1.807) is 7.05 Å². The standard InChI is InChI=1S/C17H20N4O2/c1-18-17(22)14-8-12-4-2-3-5-13(12)9-21(14)10-15-19-16(20-23-15)11-6-7-11/h2-5,11,14H,6-10H2,1H3,(H,18,22)/t14-/m0/s1. The van der Waals surface area contributed by atoms with E-state index in [1.807, 2.05) is 12.1 Å². The number of hydrogen-bond acceptors (Lipinski definition) is 5. The van der Waals surface area contributed by atoms with Crippen molar-refractivity contribution in [2.24, 2.45) is 0 Å². The zero-order valence-electron chi connectivity index (χ0n) is 13.2. The van der Waals surface area contributed by atoms with E-state index >= 15 is 0 Å². The third-order valence-electron chi connectivity index (χ3n) is 4.66. The molecule has 23 heavy (non-hydrogen) atoms. The lowest BCUT2D eigenvalue weighted by atomic mass is 9.93. The van der Waals surface area contributed by atoms with Crippen LogP contribution < -0.4 is 5.32 Å². The van der Waals surface area contributed by atoms with E-state index in [1.165, 1.54) is 11.1 Å². The molecule has 2 aliphatic rings. The number of hydrogen-bond donors (Lipinski definition) is 1. The SMILES string of the molecule is CNC(=O)[C@@H]1Cc2ccccc2CN1Cc1nc(C2CC2)no1. The lowest BCUT2D eigenvalue weighted by Crippen LogP contribution is -2.49. The van der Waals surface area contributed by atoms with Gasteiger partial charge in [0.25, 0.3) is 0 Å². The number of rotatable bonds is 4. The van der Waals surface area contributed by atoms with Gasteiger partial charge in [-0.05, 0) is 30.4 Å². The number of likely N-dealkylation sites (N-methyl/N-ethyl adjacent to an activating group) is 1. The molecule has 1 aliphatic carbocycles. The maximum absolute atomic E-state index is 12.3. The normalized spacial score (nSPS) is 21.0. The molecule has 1 aliphatic heterocycles. The first-order chi connectivity index (χ1) is 11.2. The molecule has 0 bridgehead atoms. The van der Waals surface area contributed by atoms with Crippen LogP contribution in [0.2, 0.25) is 0 Å². The highest BCUT2D eigenvalue weighted by Crippen LogP contribution is 2.38. The van der Waals surface area contributed by atoms with Crippen molar-refractivity contribution in [3.05, 3.63) is 47.1 Å². The van der Waals surface area contributed by atoms with Crippen LogP contribution in [-0.4, -0.2) is 34.0 Å². The molecule has 6 heteroatoms. The van der Waals surface area contributed by atoms with Crippen LogP contribution in [0.15, 0.2) is 28.8 Å². The molecule has 2 heterocycles. The van der Waals surface area contributed by atoms with Gasteiger partial charge in [0, 0.05) is 19.5 Å². The molecule has 0 spiro atoms. The topological polar surface area (TPSA) is 71.3 Å². The monoisotopic (exact) mass is 312 g/mol. The number of aromatic nitrogens is 2. The first-order valence-electron chi connectivity index (χ1n) is 8.09. The molecule has 1 saturated carbocycles. The molecule has 1 amide bonds. The maximum atomic E-state index is 12.3. The average Bonchev–Trinajstić information content (AvgIpc) is 3.33. The molecule has 1 atom stereocenters. The Morgan fingerprint density at radius 1 is 1.35 bits per heavy atom. The molecular formula is C17H20N4O2. The lowest BCUT2D eigenvalue weighted by molar-refractivity contribution is -0.126. The number of benzene rings is 1. The highest BCUT2D eigenvalue weighted by Gasteiger charge is 2.33. The van der Waals surface area contributed by atoms with Gasteiger partial charge >= 0.3 is 0 Å². The number of amides is 1. The summed E-state index contributed by atoms with van der Waals surface area (Å²) in [5.41, 5.74) is 2.50. The lowest BCUT2D eigenvalue weighted by Gasteiger charge is -2.34. The van der Waals surface area contributed by atoms with Crippen molar-refractivity contribution >= 4 is 5.91 Å². The second kappa shape index (κ2) is 5.77. The second-order valence-corrected chi connectivity index (χ2v) is 6.33. The Morgan fingerprint density at radius 2 is 2.13 bits per heavy atom. The Bertz CT molecular complexity index is 723. The summed E-state index contributed by atoms with van der Waals surface area (Å²) < 4.78 is 5.38. The van der Waals surface area contributed by atoms with E-state index in [9.17, 15) is 4.79 Å². The molecule has 0 unspecified atom stereocenters. The van der Waals surface area contributed by atoms with Gasteiger partial charge in [-0.15, -0.1) is 0 Å². The van der Waals surface area contributed by atoms with Crippen molar-refractivity contribution < 1.29 is 9.32 Å². The van der Waals surface area contributed by atoms with Gasteiger partial charge < -0.3 is 9.84 Å². The van der Waals surface area contributed by atoms with E-state index in [0.29, 0.717) is 24.8 Å². The van der Waals surface area contributed by atoms with E-state index < -0.39 is 0 Å². The van der Waals surface area contributed by atoms with Gasteiger partial charge in [0.15, 0.2) is 5.82 Å². The fraction of sp³-hybridized carbons (Fsp3) is 0.471. The smallest absolute Gasteiger partial charge is 0.240 e. The van der Waals surface area contributed by atoms with E-state index in [0.717, 1.165) is 25.2 Å². The second-order valence-electron chi connectivity index (χ2n) is 6.33. The summed E-state index contributed by atoms with van der Waals surface area (Å²) in [4.78, 5) is 18.9. The van der Waals surface area contributed by atoms with Crippen LogP contribution in [0.25, 0.3) is 0 Å². The maximum Gasteiger partial charge on any atom is 0.240 e. The van der Waals surface area contributed by atoms with E-state index in [-0.39, 0.29) is 11.9 Å². The van der Waals surface area contributed by atoms with Crippen molar-refractivity contribution in [1.29, 1.82) is 0 Å². The van der Waals surface area contributed by atoms with Crippen molar-refractivity contribution in [2.45, 2.75) is 44.3 Å². The first kappa shape index (κ1) is 14.4. The minimum absolute atomic E-state index is 0.0291. The molecule has 1 aromatic carbocycles. The van der Waals surface area contributed by atoms with Gasteiger partial charge in [0.2, 0.25) is 11.8 Å². The summed E-state index contributed by atoms with van der Waals surface area (Å²) >= 11 is 0. The van der Waals surface area contributed by atoms with Crippen LogP contribution in [0, 0.1) is 0 Å². The van der Waals surface area contributed by atoms with Crippen LogP contribution in [0.4, 0.5) is 0 Å². The molecule has 6 nitrogen and oxygen atoms in total. The molecule has 1 aromatic heterocycles. The summed E-state index contributed by atoms with van der Waals surface area (Å²) in [6, 6.07) is 8.07. The Kier molecular flexibility index (Phi) is 3.61. The number of carbonyl (C=O) groups is 1. The Morgan fingerprint density at radius 3 is 2.87 bits per heavy atom. The van der Waals surface area contributed by atoms with E-state index in [2.05, 4.69) is 32.5 Å². The summed E-state index contributed by atoms with van der Waals surface area (Å²) in [6.45, 7) is 1.22. The van der Waals surface area contributed by atoms with Gasteiger partial charge in [0.1, 0.15) is 0 Å². The summed E-state index contributed by atoms with van der Waals surface area (Å²) in [5.74, 6) is 1.92. The molecule has 0 saturated heterocycles. The zero-order valence-corrected chi connectivity index (χ0v) is 13.2. The minimum Gasteiger partial charge on any atom is -0.358 e. The number of fused-ring (bicyclic) bond motifs is 1. The fourth-order valence-corrected chi connectivity index (χ4v) is 3.18. The van der Waals surface area contributed by atoms with Crippen LogP contribution in [-0.2, 0) is 24.3 Å². The van der Waals surface area contributed by atoms with Crippen molar-refractivity contribution in [3.63, 3.8) is 0 Å². The Labute approximate surface area is 134 Å². The predicted molar refractivity (Wildman–Crippen MR) is 83.5 cm³/mol. The summed E-state index contributed by atoms with van der Waals surface area (Å²) in [6.07, 6.45) is 3.01. The van der Waals surface area contributed by atoms with Crippen molar-refractivity contribution in [1.82, 2.24) is 20.4 Å². The first-order valence-corrected chi connectivity index (χ1v) is 8.09. The molecular weight excluding hydrogens is 292 g/mol. The summed E-state index contributed by atoms with van der Waals surface area (Å²) in [7, 11) is 1.68. The van der Waals surface area contributed by atoms with Gasteiger partial charge in [-0.1, -0.05) is 29.4 Å². The molecule has 2 aromatic rings. The van der Waals surface area contributed by atoms with Crippen molar-refractivity contribution in [3.8, 4) is 0 Å². The molecule has 1 N–H and O–H groups in total. The number of carbonyl (C=O) groups excluding carboxylic acids is 1. The fourth-order valence-electron chi connectivity index (χ4n) is 3.18.